The molecule has 100 valence electrons. The van der Waals surface area contributed by atoms with Crippen molar-refractivity contribution in [3.8, 4) is 0 Å². The molecule has 0 fully saturated rings. The molecule has 2 rings (SSSR count). The average Bonchev–Trinajstić information content (AvgIpc) is 2.84. The van der Waals surface area contributed by atoms with E-state index in [1.54, 1.807) is 13.8 Å². The summed E-state index contributed by atoms with van der Waals surface area (Å²) in [5.74, 6) is -0.301. The van der Waals surface area contributed by atoms with Gasteiger partial charge < -0.3 is 14.1 Å². The Balaban J connectivity index is 2.38. The molecule has 0 spiro atoms. The van der Waals surface area contributed by atoms with Gasteiger partial charge in [-0.1, -0.05) is 0 Å². The van der Waals surface area contributed by atoms with Gasteiger partial charge in [0.15, 0.2) is 0 Å². The summed E-state index contributed by atoms with van der Waals surface area (Å²) in [7, 11) is 0. The number of aryl methyl sites for hydroxylation is 2. The second kappa shape index (κ2) is 4.56. The van der Waals surface area contributed by atoms with Crippen molar-refractivity contribution in [3.63, 3.8) is 0 Å². The maximum absolute atomic E-state index is 11.0. The highest BCUT2D eigenvalue weighted by molar-refractivity contribution is 5.86. The number of hydrogen-bond acceptors (Lipinski definition) is 5. The molecule has 0 aliphatic heterocycles. The summed E-state index contributed by atoms with van der Waals surface area (Å²) < 4.78 is 6.56. The quantitative estimate of drug-likeness (QED) is 0.665. The van der Waals surface area contributed by atoms with E-state index in [9.17, 15) is 14.9 Å². The summed E-state index contributed by atoms with van der Waals surface area (Å²) in [6.45, 7) is 3.53. The fourth-order valence-electron chi connectivity index (χ4n) is 1.66. The first-order valence-electron chi connectivity index (χ1n) is 5.39. The number of aromatic carboxylic acids is 1. The average molecular weight is 265 g/mol. The van der Waals surface area contributed by atoms with Gasteiger partial charge in [-0.3, -0.25) is 10.1 Å². The van der Waals surface area contributed by atoms with Gasteiger partial charge in [-0.05, 0) is 13.8 Å². The number of hydrogen-bond donors (Lipinski definition) is 1. The molecule has 0 atom stereocenters. The molecule has 0 aliphatic rings. The normalized spacial score (nSPS) is 10.6. The maximum atomic E-state index is 11.0. The molecule has 0 bridgehead atoms. The van der Waals surface area contributed by atoms with E-state index >= 15 is 0 Å². The molecule has 1 N–H and O–H groups in total. The van der Waals surface area contributed by atoms with Gasteiger partial charge in [-0.15, -0.1) is 0 Å². The molecule has 8 heteroatoms. The second-order valence-electron chi connectivity index (χ2n) is 4.02. The Morgan fingerprint density at radius 3 is 2.74 bits per heavy atom. The van der Waals surface area contributed by atoms with Gasteiger partial charge in [-0.2, -0.15) is 0 Å². The van der Waals surface area contributed by atoms with Gasteiger partial charge in [0.2, 0.25) is 5.89 Å². The molecule has 0 saturated heterocycles. The van der Waals surface area contributed by atoms with Gasteiger partial charge in [0.25, 0.3) is 5.69 Å². The summed E-state index contributed by atoms with van der Waals surface area (Å²) in [4.78, 5) is 25.2. The molecule has 0 unspecified atom stereocenters. The number of aromatic nitrogens is 2. The Morgan fingerprint density at radius 2 is 2.26 bits per heavy atom. The molecule has 8 nitrogen and oxygen atoms in total. The molecular formula is C11H11N3O5. The fourth-order valence-corrected chi connectivity index (χ4v) is 1.66. The van der Waals surface area contributed by atoms with Crippen LogP contribution >= 0.6 is 0 Å². The molecule has 19 heavy (non-hydrogen) atoms. The third kappa shape index (κ3) is 2.46. The molecule has 0 amide bonds. The van der Waals surface area contributed by atoms with Crippen LogP contribution in [0.4, 0.5) is 5.69 Å². The zero-order valence-corrected chi connectivity index (χ0v) is 10.3. The zero-order chi connectivity index (χ0) is 14.2. The number of oxazole rings is 1. The summed E-state index contributed by atoms with van der Waals surface area (Å²) in [6, 6.07) is 1.00. The van der Waals surface area contributed by atoms with E-state index in [4.69, 9.17) is 9.52 Å². The van der Waals surface area contributed by atoms with Crippen LogP contribution in [0.3, 0.4) is 0 Å². The predicted molar refractivity (Wildman–Crippen MR) is 63.1 cm³/mol. The van der Waals surface area contributed by atoms with Crippen molar-refractivity contribution in [2.24, 2.45) is 0 Å². The van der Waals surface area contributed by atoms with Crippen LogP contribution in [0.25, 0.3) is 0 Å². The molecule has 2 aromatic rings. The molecule has 0 radical (unpaired) electrons. The minimum atomic E-state index is -1.24. The van der Waals surface area contributed by atoms with Crippen molar-refractivity contribution in [1.29, 1.82) is 0 Å². The number of carboxylic acids is 1. The van der Waals surface area contributed by atoms with Gasteiger partial charge in [-0.25, -0.2) is 9.78 Å². The van der Waals surface area contributed by atoms with Crippen LogP contribution in [0.15, 0.2) is 16.7 Å². The van der Waals surface area contributed by atoms with Crippen molar-refractivity contribution in [2.45, 2.75) is 20.4 Å². The first-order chi connectivity index (χ1) is 8.88. The van der Waals surface area contributed by atoms with E-state index in [2.05, 4.69) is 4.98 Å². The van der Waals surface area contributed by atoms with Crippen LogP contribution in [-0.4, -0.2) is 25.6 Å². The summed E-state index contributed by atoms with van der Waals surface area (Å²) in [5, 5.41) is 19.7. The van der Waals surface area contributed by atoms with Crippen molar-refractivity contribution in [1.82, 2.24) is 9.55 Å². The minimum Gasteiger partial charge on any atom is -0.477 e. The Kier molecular flexibility index (Phi) is 3.07. The second-order valence-corrected chi connectivity index (χ2v) is 4.02. The first kappa shape index (κ1) is 12.8. The van der Waals surface area contributed by atoms with Crippen molar-refractivity contribution in [2.75, 3.05) is 0 Å². The monoisotopic (exact) mass is 265 g/mol. The minimum absolute atomic E-state index is 0.0319. The highest BCUT2D eigenvalue weighted by Gasteiger charge is 2.20. The molecule has 2 heterocycles. The van der Waals surface area contributed by atoms with Crippen LogP contribution in [-0.2, 0) is 6.54 Å². The smallest absolute Gasteiger partial charge is 0.352 e. The molecule has 0 saturated carbocycles. The van der Waals surface area contributed by atoms with Crippen molar-refractivity contribution < 1.29 is 19.2 Å². The SMILES string of the molecule is Cc1nc(Cn2cc([N+](=O)[O-])cc2C(=O)O)oc1C. The predicted octanol–water partition coefficient (Wildman–Crippen LogP) is 1.75. The molecule has 2 aromatic heterocycles. The lowest BCUT2D eigenvalue weighted by atomic mass is 10.4. The first-order valence-corrected chi connectivity index (χ1v) is 5.39. The van der Waals surface area contributed by atoms with Crippen LogP contribution in [0.2, 0.25) is 0 Å². The number of nitrogens with zero attached hydrogens (tertiary/aromatic N) is 3. The Labute approximate surface area is 107 Å². The third-order valence-electron chi connectivity index (χ3n) is 2.69. The lowest BCUT2D eigenvalue weighted by molar-refractivity contribution is -0.384. The lowest BCUT2D eigenvalue weighted by Gasteiger charge is -2.01. The molecule has 0 aromatic carbocycles. The number of rotatable bonds is 4. The highest BCUT2D eigenvalue weighted by Crippen LogP contribution is 2.18. The van der Waals surface area contributed by atoms with Gasteiger partial charge in [0, 0.05) is 6.07 Å². The Bertz CT molecular complexity index is 636. The third-order valence-corrected chi connectivity index (χ3v) is 2.69. The van der Waals surface area contributed by atoms with E-state index in [0.29, 0.717) is 17.3 Å². The summed E-state index contributed by atoms with van der Waals surface area (Å²) in [5.41, 5.74) is 0.242. The van der Waals surface area contributed by atoms with Gasteiger partial charge >= 0.3 is 5.97 Å². The van der Waals surface area contributed by atoms with Crippen LogP contribution < -0.4 is 0 Å². The molecule has 0 aliphatic carbocycles. The number of nitro groups is 1. The summed E-state index contributed by atoms with van der Waals surface area (Å²) in [6.07, 6.45) is 1.15. The van der Waals surface area contributed by atoms with E-state index < -0.39 is 10.9 Å². The van der Waals surface area contributed by atoms with Crippen molar-refractivity contribution >= 4 is 11.7 Å². The van der Waals surface area contributed by atoms with Crippen LogP contribution in [0, 0.1) is 24.0 Å². The fraction of sp³-hybridized carbons (Fsp3) is 0.273. The number of carboxylic acid groups (broad SMARTS) is 1. The standard InChI is InChI=1S/C11H11N3O5/c1-6-7(2)19-10(12-6)5-13-4-8(14(17)18)3-9(13)11(15)16/h3-4H,5H2,1-2H3,(H,15,16). The Morgan fingerprint density at radius 1 is 1.58 bits per heavy atom. The van der Waals surface area contributed by atoms with Crippen molar-refractivity contribution in [3.05, 3.63) is 45.4 Å². The lowest BCUT2D eigenvalue weighted by Crippen LogP contribution is -2.08. The van der Waals surface area contributed by atoms with Gasteiger partial charge in [0.1, 0.15) is 11.5 Å². The summed E-state index contributed by atoms with van der Waals surface area (Å²) >= 11 is 0. The van der Waals surface area contributed by atoms with Crippen LogP contribution in [0.1, 0.15) is 27.8 Å². The van der Waals surface area contributed by atoms with Crippen LogP contribution in [0.5, 0.6) is 0 Å². The Hall–Kier alpha value is -2.64. The van der Waals surface area contributed by atoms with E-state index in [-0.39, 0.29) is 17.9 Å². The zero-order valence-electron chi connectivity index (χ0n) is 10.3. The largest absolute Gasteiger partial charge is 0.477 e. The highest BCUT2D eigenvalue weighted by atomic mass is 16.6. The topological polar surface area (TPSA) is 111 Å². The van der Waals surface area contributed by atoms with E-state index in [1.165, 1.54) is 4.57 Å². The van der Waals surface area contributed by atoms with Gasteiger partial charge in [0.05, 0.1) is 23.4 Å². The van der Waals surface area contributed by atoms with E-state index in [1.807, 2.05) is 0 Å². The number of carbonyl (C=O) groups is 1. The molecular weight excluding hydrogens is 254 g/mol. The van der Waals surface area contributed by atoms with E-state index in [0.717, 1.165) is 12.3 Å². The maximum Gasteiger partial charge on any atom is 0.352 e.